The molecule has 1 aromatic carbocycles. The average Bonchev–Trinajstić information content (AvgIpc) is 3.24. The molecule has 0 aliphatic carbocycles. The van der Waals surface area contributed by atoms with E-state index in [2.05, 4.69) is 16.9 Å². The van der Waals surface area contributed by atoms with Gasteiger partial charge in [-0.15, -0.1) is 0 Å². The highest BCUT2D eigenvalue weighted by atomic mass is 16.3. The molecule has 2 aromatic rings. The Morgan fingerprint density at radius 1 is 1.17 bits per heavy atom. The van der Waals surface area contributed by atoms with Crippen LogP contribution in [0.2, 0.25) is 0 Å². The zero-order valence-electron chi connectivity index (χ0n) is 17.0. The summed E-state index contributed by atoms with van der Waals surface area (Å²) in [6, 6.07) is 9.80. The minimum atomic E-state index is -0.696. The summed E-state index contributed by atoms with van der Waals surface area (Å²) in [5.41, 5.74) is 4.57. The number of nitrogens with one attached hydrogen (secondary N) is 1. The maximum Gasteiger partial charge on any atom is 0.253 e. The molecular formula is C23H28N4O2. The van der Waals surface area contributed by atoms with E-state index in [0.29, 0.717) is 6.54 Å². The third-order valence-corrected chi connectivity index (χ3v) is 5.72. The van der Waals surface area contributed by atoms with Crippen molar-refractivity contribution >= 4 is 11.5 Å². The predicted octanol–water partition coefficient (Wildman–Crippen LogP) is 2.67. The Bertz CT molecular complexity index is 921. The van der Waals surface area contributed by atoms with Crippen LogP contribution in [0.4, 0.5) is 0 Å². The summed E-state index contributed by atoms with van der Waals surface area (Å²) < 4.78 is 0. The van der Waals surface area contributed by atoms with E-state index in [1.54, 1.807) is 0 Å². The fourth-order valence-corrected chi connectivity index (χ4v) is 3.90. The van der Waals surface area contributed by atoms with Gasteiger partial charge in [0.05, 0.1) is 5.69 Å². The molecule has 2 N–H and O–H groups in total. The second-order valence-electron chi connectivity index (χ2n) is 7.66. The Labute approximate surface area is 171 Å². The predicted molar refractivity (Wildman–Crippen MR) is 114 cm³/mol. The van der Waals surface area contributed by atoms with E-state index in [9.17, 15) is 9.90 Å². The second-order valence-corrected chi connectivity index (χ2v) is 7.66. The van der Waals surface area contributed by atoms with E-state index < -0.39 is 6.23 Å². The Morgan fingerprint density at radius 2 is 1.90 bits per heavy atom. The van der Waals surface area contributed by atoms with Gasteiger partial charge in [-0.05, 0) is 37.7 Å². The van der Waals surface area contributed by atoms with Gasteiger partial charge in [0.1, 0.15) is 0 Å². The molecule has 1 saturated heterocycles. The lowest BCUT2D eigenvalue weighted by atomic mass is 9.94. The van der Waals surface area contributed by atoms with E-state index in [1.165, 1.54) is 0 Å². The first-order valence-corrected chi connectivity index (χ1v) is 10.1. The Kier molecular flexibility index (Phi) is 5.56. The number of benzene rings is 1. The first-order valence-electron chi connectivity index (χ1n) is 10.1. The maximum atomic E-state index is 12.8. The Hall–Kier alpha value is -2.83. The summed E-state index contributed by atoms with van der Waals surface area (Å²) in [5.74, 6) is 0.0924. The zero-order chi connectivity index (χ0) is 20.4. The molecule has 1 fully saturated rings. The van der Waals surface area contributed by atoms with E-state index in [-0.39, 0.29) is 5.91 Å². The fourth-order valence-electron chi connectivity index (χ4n) is 3.90. The van der Waals surface area contributed by atoms with Crippen molar-refractivity contribution in [3.8, 4) is 0 Å². The number of hydrogen-bond acceptors (Lipinski definition) is 4. The second kappa shape index (κ2) is 8.27. The third-order valence-electron chi connectivity index (χ3n) is 5.72. The molecule has 6 nitrogen and oxygen atoms in total. The first kappa shape index (κ1) is 19.5. The molecule has 2 aliphatic rings. The number of aliphatic hydroxyl groups is 1. The lowest BCUT2D eigenvalue weighted by Crippen LogP contribution is -2.47. The highest BCUT2D eigenvalue weighted by molar-refractivity contribution is 5.95. The molecule has 1 aromatic heterocycles. The van der Waals surface area contributed by atoms with Crippen molar-refractivity contribution < 1.29 is 9.90 Å². The molecule has 1 amide bonds. The van der Waals surface area contributed by atoms with Crippen molar-refractivity contribution in [2.24, 2.45) is 0 Å². The number of carbonyl (C=O) groups excluding carboxylic acids is 1. The van der Waals surface area contributed by atoms with Crippen LogP contribution in [0.1, 0.15) is 40.3 Å². The standard InChI is InChI=1S/C23H28N4O2/c1-3-4-11-27-16-20(19-9-10-24-21(19)23(27)29)17-5-7-18(8-6-17)22(28)26-14-12-25(2)13-15-26/h3-10,16,23-24,29H,11-15H2,1-2H3/b4-3+. The Morgan fingerprint density at radius 3 is 2.59 bits per heavy atom. The first-order chi connectivity index (χ1) is 14.1. The van der Waals surface area contributed by atoms with Gasteiger partial charge in [-0.2, -0.15) is 0 Å². The molecule has 1 atom stereocenters. The molecule has 0 saturated carbocycles. The summed E-state index contributed by atoms with van der Waals surface area (Å²) in [4.78, 5) is 22.0. The van der Waals surface area contributed by atoms with Crippen molar-refractivity contribution in [2.75, 3.05) is 39.8 Å². The quantitative estimate of drug-likeness (QED) is 0.786. The molecule has 1 unspecified atom stereocenters. The van der Waals surface area contributed by atoms with Crippen molar-refractivity contribution in [3.63, 3.8) is 0 Å². The number of likely N-dealkylation sites (N-methyl/N-ethyl adjacent to an activating group) is 1. The van der Waals surface area contributed by atoms with Gasteiger partial charge in [-0.25, -0.2) is 0 Å². The van der Waals surface area contributed by atoms with Crippen molar-refractivity contribution in [2.45, 2.75) is 13.2 Å². The normalized spacial score (nSPS) is 20.1. The number of fused-ring (bicyclic) bond motifs is 1. The van der Waals surface area contributed by atoms with Crippen LogP contribution >= 0.6 is 0 Å². The minimum Gasteiger partial charge on any atom is -0.368 e. The number of aromatic amines is 1. The summed E-state index contributed by atoms with van der Waals surface area (Å²) >= 11 is 0. The van der Waals surface area contributed by atoms with Gasteiger partial charge in [-0.3, -0.25) is 4.79 Å². The molecular weight excluding hydrogens is 364 g/mol. The van der Waals surface area contributed by atoms with Crippen LogP contribution in [-0.4, -0.2) is 70.5 Å². The fraction of sp³-hybridized carbons (Fsp3) is 0.348. The number of aliphatic hydroxyl groups excluding tert-OH is 1. The molecule has 4 rings (SSSR count). The molecule has 3 heterocycles. The van der Waals surface area contributed by atoms with Gasteiger partial charge in [0.25, 0.3) is 5.91 Å². The molecule has 0 spiro atoms. The van der Waals surface area contributed by atoms with Gasteiger partial charge in [0.2, 0.25) is 0 Å². The number of rotatable bonds is 4. The van der Waals surface area contributed by atoms with Crippen LogP contribution < -0.4 is 0 Å². The Balaban J connectivity index is 1.58. The van der Waals surface area contributed by atoms with Crippen molar-refractivity contribution in [1.29, 1.82) is 0 Å². The monoisotopic (exact) mass is 392 g/mol. The molecule has 29 heavy (non-hydrogen) atoms. The van der Waals surface area contributed by atoms with Crippen LogP contribution in [0.25, 0.3) is 5.57 Å². The maximum absolute atomic E-state index is 12.8. The summed E-state index contributed by atoms with van der Waals surface area (Å²) in [6.07, 6.45) is 7.15. The van der Waals surface area contributed by atoms with Gasteiger partial charge in [0.15, 0.2) is 6.23 Å². The number of piperazine rings is 1. The van der Waals surface area contributed by atoms with E-state index in [0.717, 1.165) is 54.1 Å². The number of hydrogen-bond donors (Lipinski definition) is 2. The summed E-state index contributed by atoms with van der Waals surface area (Å²) in [7, 11) is 2.08. The number of nitrogens with zero attached hydrogens (tertiary/aromatic N) is 3. The van der Waals surface area contributed by atoms with Crippen LogP contribution in [-0.2, 0) is 0 Å². The number of allylic oxidation sites excluding steroid dienone is 1. The topological polar surface area (TPSA) is 62.8 Å². The van der Waals surface area contributed by atoms with E-state index >= 15 is 0 Å². The molecule has 152 valence electrons. The van der Waals surface area contributed by atoms with Crippen LogP contribution in [0.5, 0.6) is 0 Å². The van der Waals surface area contributed by atoms with Crippen LogP contribution in [0, 0.1) is 0 Å². The summed E-state index contributed by atoms with van der Waals surface area (Å²) in [6.45, 7) is 5.96. The molecule has 6 heteroatoms. The average molecular weight is 393 g/mol. The number of H-pyrrole nitrogens is 1. The van der Waals surface area contributed by atoms with Crippen LogP contribution in [0.15, 0.2) is 54.9 Å². The molecule has 0 radical (unpaired) electrons. The SMILES string of the molecule is C/C=C/CN1C=C(c2ccc(C(=O)N3CCN(C)CC3)cc2)c2cc[nH]c2C1O. The van der Waals surface area contributed by atoms with Crippen molar-refractivity contribution in [3.05, 3.63) is 77.3 Å². The number of amides is 1. The van der Waals surface area contributed by atoms with Gasteiger partial charge >= 0.3 is 0 Å². The van der Waals surface area contributed by atoms with E-state index in [4.69, 9.17) is 0 Å². The number of carbonyl (C=O) groups is 1. The van der Waals surface area contributed by atoms with Gasteiger partial charge < -0.3 is 24.8 Å². The smallest absolute Gasteiger partial charge is 0.253 e. The number of aromatic nitrogens is 1. The minimum absolute atomic E-state index is 0.0924. The van der Waals surface area contributed by atoms with Crippen molar-refractivity contribution in [1.82, 2.24) is 19.7 Å². The lowest BCUT2D eigenvalue weighted by Gasteiger charge is -2.32. The molecule has 2 aliphatic heterocycles. The van der Waals surface area contributed by atoms with E-state index in [1.807, 2.05) is 71.6 Å². The van der Waals surface area contributed by atoms with Gasteiger partial charge in [-0.1, -0.05) is 24.3 Å². The van der Waals surface area contributed by atoms with Gasteiger partial charge in [0, 0.05) is 61.8 Å². The largest absolute Gasteiger partial charge is 0.368 e. The summed E-state index contributed by atoms with van der Waals surface area (Å²) in [5, 5.41) is 10.6. The third kappa shape index (κ3) is 3.86. The molecule has 0 bridgehead atoms. The highest BCUT2D eigenvalue weighted by Gasteiger charge is 2.27. The zero-order valence-corrected chi connectivity index (χ0v) is 17.0. The lowest BCUT2D eigenvalue weighted by molar-refractivity contribution is 0.0388. The highest BCUT2D eigenvalue weighted by Crippen LogP contribution is 2.36. The van der Waals surface area contributed by atoms with Crippen LogP contribution in [0.3, 0.4) is 0 Å².